The molecule has 1 atom stereocenters. The first-order chi connectivity index (χ1) is 28.6. The molecule has 58 heavy (non-hydrogen) atoms. The van der Waals surface area contributed by atoms with E-state index in [9.17, 15) is 0 Å². The molecule has 1 spiro atoms. The Morgan fingerprint density at radius 2 is 1.03 bits per heavy atom. The maximum Gasteiger partial charge on any atom is 0.145 e. The van der Waals surface area contributed by atoms with Crippen molar-refractivity contribution in [3.05, 3.63) is 222 Å². The lowest BCUT2D eigenvalue weighted by Crippen LogP contribution is -2.32. The summed E-state index contributed by atoms with van der Waals surface area (Å²) in [6.45, 7) is 0. The molecule has 0 amide bonds. The SMILES string of the molecule is Nc1ccc2cc(-c3ccc4c(c3)C3(c5ccccc5O4)c4ccccc4-c4ccc(-c5ccc(-c6nc7ccccc7n6-c6ccccc6)cc5)cc43)ccc2c1. The van der Waals surface area contributed by atoms with Crippen LogP contribution in [0.5, 0.6) is 11.5 Å². The highest BCUT2D eigenvalue weighted by Crippen LogP contribution is 2.62. The van der Waals surface area contributed by atoms with E-state index in [1.165, 1.54) is 22.3 Å². The maximum atomic E-state index is 6.78. The number of anilines is 1. The van der Waals surface area contributed by atoms with E-state index in [2.05, 4.69) is 187 Å². The standard InChI is InChI=1S/C54H35N3O/c55-41-27-24-37-30-36(22-23-38(37)31-41)40-26-29-52-48(33-40)54(46-14-6-9-17-51(46)58-52)45-13-5-4-12-43(45)44-28-25-39(32-47(44)54)34-18-20-35(21-19-34)53-56-49-15-7-8-16-50(49)57(53)42-10-2-1-3-11-42/h1-33H,55H2. The molecule has 0 saturated carbocycles. The van der Waals surface area contributed by atoms with Crippen LogP contribution in [-0.2, 0) is 5.41 Å². The summed E-state index contributed by atoms with van der Waals surface area (Å²) in [6, 6.07) is 71.6. The molecule has 272 valence electrons. The third-order valence-electron chi connectivity index (χ3n) is 12.2. The summed E-state index contributed by atoms with van der Waals surface area (Å²) in [5, 5.41) is 2.29. The third kappa shape index (κ3) is 4.72. The zero-order chi connectivity index (χ0) is 38.4. The van der Waals surface area contributed by atoms with Crippen molar-refractivity contribution < 1.29 is 4.74 Å². The number of nitrogens with zero attached hydrogens (tertiary/aromatic N) is 2. The quantitative estimate of drug-likeness (QED) is 0.183. The van der Waals surface area contributed by atoms with Gasteiger partial charge in [-0.1, -0.05) is 133 Å². The summed E-state index contributed by atoms with van der Waals surface area (Å²) in [5.41, 5.74) is 22.4. The molecule has 2 heterocycles. The van der Waals surface area contributed by atoms with E-state index < -0.39 is 5.41 Å². The molecule has 4 nitrogen and oxygen atoms in total. The van der Waals surface area contributed by atoms with E-state index >= 15 is 0 Å². The van der Waals surface area contributed by atoms with Gasteiger partial charge in [0.15, 0.2) is 0 Å². The third-order valence-corrected chi connectivity index (χ3v) is 12.2. The number of fused-ring (bicyclic) bond motifs is 11. The zero-order valence-corrected chi connectivity index (χ0v) is 31.4. The largest absolute Gasteiger partial charge is 0.457 e. The lowest BCUT2D eigenvalue weighted by molar-refractivity contribution is 0.436. The fourth-order valence-corrected chi connectivity index (χ4v) is 9.57. The first-order valence-corrected chi connectivity index (χ1v) is 19.7. The molecule has 1 unspecified atom stereocenters. The number of aromatic nitrogens is 2. The highest BCUT2D eigenvalue weighted by Gasteiger charge is 2.51. The van der Waals surface area contributed by atoms with E-state index in [1.807, 2.05) is 18.2 Å². The van der Waals surface area contributed by atoms with Gasteiger partial charge in [-0.3, -0.25) is 4.57 Å². The summed E-state index contributed by atoms with van der Waals surface area (Å²) < 4.78 is 9.03. The minimum atomic E-state index is -0.603. The Bertz CT molecular complexity index is 3270. The summed E-state index contributed by atoms with van der Waals surface area (Å²) in [6.07, 6.45) is 0. The second-order valence-electron chi connectivity index (χ2n) is 15.4. The van der Waals surface area contributed by atoms with Gasteiger partial charge in [-0.2, -0.15) is 0 Å². The maximum absolute atomic E-state index is 6.78. The summed E-state index contributed by atoms with van der Waals surface area (Å²) in [7, 11) is 0. The highest BCUT2D eigenvalue weighted by molar-refractivity contribution is 5.93. The van der Waals surface area contributed by atoms with Gasteiger partial charge in [-0.05, 0) is 122 Å². The van der Waals surface area contributed by atoms with Crippen LogP contribution in [0.2, 0.25) is 0 Å². The molecule has 1 aliphatic heterocycles. The number of para-hydroxylation sites is 4. The fraction of sp³-hybridized carbons (Fsp3) is 0.0185. The number of ether oxygens (including phenoxy) is 1. The number of hydrogen-bond donors (Lipinski definition) is 1. The Kier molecular flexibility index (Phi) is 6.96. The minimum absolute atomic E-state index is 0.603. The van der Waals surface area contributed by atoms with E-state index in [4.69, 9.17) is 15.5 Å². The molecule has 10 aromatic rings. The number of nitrogens with two attached hydrogens (primary N) is 1. The molecule has 1 aromatic heterocycles. The first kappa shape index (κ1) is 32.5. The van der Waals surface area contributed by atoms with E-state index in [1.54, 1.807) is 0 Å². The average Bonchev–Trinajstić information content (AvgIpc) is 3.81. The van der Waals surface area contributed by atoms with Gasteiger partial charge in [0.1, 0.15) is 17.3 Å². The predicted molar refractivity (Wildman–Crippen MR) is 237 cm³/mol. The Hall–Kier alpha value is -7.69. The fourth-order valence-electron chi connectivity index (χ4n) is 9.57. The molecule has 2 N–H and O–H groups in total. The average molecular weight is 742 g/mol. The Morgan fingerprint density at radius 3 is 1.93 bits per heavy atom. The van der Waals surface area contributed by atoms with Gasteiger partial charge in [-0.25, -0.2) is 4.98 Å². The molecule has 0 radical (unpaired) electrons. The minimum Gasteiger partial charge on any atom is -0.457 e. The molecule has 2 aliphatic rings. The van der Waals surface area contributed by atoms with Crippen molar-refractivity contribution in [3.63, 3.8) is 0 Å². The van der Waals surface area contributed by atoms with Crippen LogP contribution in [0.15, 0.2) is 200 Å². The lowest BCUT2D eigenvalue weighted by atomic mass is 9.65. The summed E-state index contributed by atoms with van der Waals surface area (Å²) in [5.74, 6) is 2.67. The van der Waals surface area contributed by atoms with Crippen molar-refractivity contribution in [2.75, 3.05) is 5.73 Å². The molecule has 9 aromatic carbocycles. The number of rotatable bonds is 4. The smallest absolute Gasteiger partial charge is 0.145 e. The molecule has 12 rings (SSSR count). The van der Waals surface area contributed by atoms with E-state index in [0.717, 1.165) is 89.4 Å². The number of nitrogen functional groups attached to an aromatic ring is 1. The first-order valence-electron chi connectivity index (χ1n) is 19.7. The van der Waals surface area contributed by atoms with Gasteiger partial charge in [0, 0.05) is 28.1 Å². The normalized spacial score (nSPS) is 14.8. The van der Waals surface area contributed by atoms with Crippen LogP contribution in [0.1, 0.15) is 22.3 Å². The van der Waals surface area contributed by atoms with Gasteiger partial charge in [0.05, 0.1) is 16.4 Å². The van der Waals surface area contributed by atoms with Crippen molar-refractivity contribution >= 4 is 27.5 Å². The van der Waals surface area contributed by atoms with Gasteiger partial charge in [0.25, 0.3) is 0 Å². The van der Waals surface area contributed by atoms with Crippen molar-refractivity contribution in [3.8, 4) is 62.0 Å². The van der Waals surface area contributed by atoms with Crippen LogP contribution in [0.4, 0.5) is 5.69 Å². The van der Waals surface area contributed by atoms with Crippen LogP contribution >= 0.6 is 0 Å². The zero-order valence-electron chi connectivity index (χ0n) is 31.4. The number of hydrogen-bond acceptors (Lipinski definition) is 3. The molecule has 0 bridgehead atoms. The van der Waals surface area contributed by atoms with Crippen molar-refractivity contribution in [1.82, 2.24) is 9.55 Å². The summed E-state index contributed by atoms with van der Waals surface area (Å²) >= 11 is 0. The predicted octanol–water partition coefficient (Wildman–Crippen LogP) is 13.2. The highest BCUT2D eigenvalue weighted by atomic mass is 16.5. The monoisotopic (exact) mass is 741 g/mol. The Balaban J connectivity index is 1.03. The van der Waals surface area contributed by atoms with E-state index in [0.29, 0.717) is 0 Å². The van der Waals surface area contributed by atoms with Crippen LogP contribution in [-0.4, -0.2) is 9.55 Å². The Morgan fingerprint density at radius 1 is 0.431 bits per heavy atom. The van der Waals surface area contributed by atoms with Gasteiger partial charge < -0.3 is 10.5 Å². The van der Waals surface area contributed by atoms with E-state index in [-0.39, 0.29) is 0 Å². The van der Waals surface area contributed by atoms with Crippen molar-refractivity contribution in [2.24, 2.45) is 0 Å². The lowest BCUT2D eigenvalue weighted by Gasteiger charge is -2.39. The van der Waals surface area contributed by atoms with Crippen LogP contribution < -0.4 is 10.5 Å². The number of benzene rings is 9. The van der Waals surface area contributed by atoms with Gasteiger partial charge in [0.2, 0.25) is 0 Å². The van der Waals surface area contributed by atoms with Crippen LogP contribution in [0, 0.1) is 0 Å². The van der Waals surface area contributed by atoms with Crippen molar-refractivity contribution in [1.29, 1.82) is 0 Å². The van der Waals surface area contributed by atoms with Gasteiger partial charge in [-0.15, -0.1) is 0 Å². The summed E-state index contributed by atoms with van der Waals surface area (Å²) in [4.78, 5) is 5.12. The molecular weight excluding hydrogens is 707 g/mol. The molecular formula is C54H35N3O. The second kappa shape index (κ2) is 12.4. The van der Waals surface area contributed by atoms with Crippen molar-refractivity contribution in [2.45, 2.75) is 5.41 Å². The number of imidazole rings is 1. The molecule has 0 saturated heterocycles. The topological polar surface area (TPSA) is 53.1 Å². The molecule has 0 fully saturated rings. The Labute approximate surface area is 336 Å². The van der Waals surface area contributed by atoms with Crippen LogP contribution in [0.3, 0.4) is 0 Å². The molecule has 1 aliphatic carbocycles. The molecule has 4 heteroatoms. The van der Waals surface area contributed by atoms with Gasteiger partial charge >= 0.3 is 0 Å². The second-order valence-corrected chi connectivity index (χ2v) is 15.4. The van der Waals surface area contributed by atoms with Crippen LogP contribution in [0.25, 0.3) is 72.3 Å².